The molecule has 0 bridgehead atoms. The van der Waals surface area contributed by atoms with E-state index in [0.29, 0.717) is 5.56 Å². The summed E-state index contributed by atoms with van der Waals surface area (Å²) >= 11 is 0. The van der Waals surface area contributed by atoms with Gasteiger partial charge in [-0.15, -0.1) is 0 Å². The number of primary amides is 1. The number of nitrogens with two attached hydrogens (primary N) is 1. The zero-order chi connectivity index (χ0) is 11.1. The normalized spacial score (nSPS) is 11.0. The Labute approximate surface area is 91.3 Å². The van der Waals surface area contributed by atoms with Crippen molar-refractivity contribution in [2.75, 3.05) is 0 Å². The molecule has 0 unspecified atom stereocenters. The van der Waals surface area contributed by atoms with E-state index in [1.165, 1.54) is 0 Å². The lowest BCUT2D eigenvalue weighted by Crippen LogP contribution is -2.10. The summed E-state index contributed by atoms with van der Waals surface area (Å²) in [5.41, 5.74) is 7.66. The highest BCUT2D eigenvalue weighted by Crippen LogP contribution is 2.17. The third-order valence-corrected chi connectivity index (χ3v) is 2.65. The number of hydrogen-bond acceptors (Lipinski definition) is 2. The number of hydrogen-bond donors (Lipinski definition) is 1. The molecule has 0 aliphatic rings. The maximum atomic E-state index is 11.1. The fourth-order valence-electron chi connectivity index (χ4n) is 1.87. The number of aromatic nitrogens is 2. The van der Waals surface area contributed by atoms with E-state index in [0.717, 1.165) is 16.6 Å². The number of nitrogens with zero attached hydrogens (tertiary/aromatic N) is 2. The van der Waals surface area contributed by atoms with E-state index in [1.54, 1.807) is 18.3 Å². The number of fused-ring (bicyclic) bond motifs is 3. The summed E-state index contributed by atoms with van der Waals surface area (Å²) in [6.07, 6.45) is 3.64. The molecule has 0 saturated carbocycles. The zero-order valence-electron chi connectivity index (χ0n) is 8.42. The van der Waals surface area contributed by atoms with Crippen LogP contribution in [0.2, 0.25) is 0 Å². The quantitative estimate of drug-likeness (QED) is 0.664. The van der Waals surface area contributed by atoms with Crippen molar-refractivity contribution < 1.29 is 4.79 Å². The van der Waals surface area contributed by atoms with Gasteiger partial charge in [0.25, 0.3) is 0 Å². The largest absolute Gasteiger partial charge is 0.366 e. The first-order chi connectivity index (χ1) is 7.75. The number of rotatable bonds is 1. The van der Waals surface area contributed by atoms with E-state index in [-0.39, 0.29) is 0 Å². The van der Waals surface area contributed by atoms with Gasteiger partial charge in [-0.3, -0.25) is 9.20 Å². The van der Waals surface area contributed by atoms with Gasteiger partial charge in [-0.1, -0.05) is 0 Å². The fourth-order valence-corrected chi connectivity index (χ4v) is 1.87. The Morgan fingerprint density at radius 1 is 1.25 bits per heavy atom. The molecule has 1 amide bonds. The Morgan fingerprint density at radius 3 is 2.94 bits per heavy atom. The van der Waals surface area contributed by atoms with Crippen molar-refractivity contribution in [2.24, 2.45) is 5.73 Å². The Bertz CT molecular complexity index is 700. The average Bonchev–Trinajstić information content (AvgIpc) is 2.76. The van der Waals surface area contributed by atoms with Crippen LogP contribution in [0.1, 0.15) is 10.4 Å². The Morgan fingerprint density at radius 2 is 2.12 bits per heavy atom. The van der Waals surface area contributed by atoms with Crippen LogP contribution in [0, 0.1) is 0 Å². The maximum absolute atomic E-state index is 11.1. The van der Waals surface area contributed by atoms with Gasteiger partial charge >= 0.3 is 0 Å². The highest BCUT2D eigenvalue weighted by Gasteiger charge is 2.04. The molecule has 0 aliphatic heterocycles. The van der Waals surface area contributed by atoms with Crippen LogP contribution < -0.4 is 5.73 Å². The van der Waals surface area contributed by atoms with Crippen LogP contribution in [0.4, 0.5) is 0 Å². The third-order valence-electron chi connectivity index (χ3n) is 2.65. The lowest BCUT2D eigenvalue weighted by molar-refractivity contribution is 0.100. The van der Waals surface area contributed by atoms with Crippen molar-refractivity contribution in [1.29, 1.82) is 0 Å². The molecule has 0 radical (unpaired) electrons. The minimum Gasteiger partial charge on any atom is -0.366 e. The number of benzene rings is 1. The van der Waals surface area contributed by atoms with Crippen LogP contribution in [-0.2, 0) is 0 Å². The standard InChI is InChI=1S/C12H9N3O/c13-12(16)9-1-3-10-8(7-9)2-4-11-14-5-6-15(10)11/h1-7H,(H2,13,16). The number of imidazole rings is 1. The molecule has 0 aliphatic carbocycles. The van der Waals surface area contributed by atoms with Crippen molar-refractivity contribution >= 4 is 22.5 Å². The van der Waals surface area contributed by atoms with Gasteiger partial charge in [-0.2, -0.15) is 0 Å². The number of pyridine rings is 1. The van der Waals surface area contributed by atoms with E-state index in [9.17, 15) is 4.79 Å². The van der Waals surface area contributed by atoms with Gasteiger partial charge in [-0.25, -0.2) is 4.98 Å². The van der Waals surface area contributed by atoms with E-state index in [1.807, 2.05) is 28.8 Å². The predicted octanol–water partition coefficient (Wildman–Crippen LogP) is 1.59. The van der Waals surface area contributed by atoms with E-state index >= 15 is 0 Å². The van der Waals surface area contributed by atoms with Crippen molar-refractivity contribution in [3.8, 4) is 0 Å². The van der Waals surface area contributed by atoms with Crippen molar-refractivity contribution in [2.45, 2.75) is 0 Å². The van der Waals surface area contributed by atoms with Gasteiger partial charge in [0.1, 0.15) is 5.65 Å². The van der Waals surface area contributed by atoms with Gasteiger partial charge in [0.05, 0.1) is 5.52 Å². The van der Waals surface area contributed by atoms with Crippen molar-refractivity contribution in [3.05, 3.63) is 48.3 Å². The topological polar surface area (TPSA) is 60.4 Å². The summed E-state index contributed by atoms with van der Waals surface area (Å²) in [6, 6.07) is 9.24. The molecule has 0 fully saturated rings. The molecule has 0 atom stereocenters. The monoisotopic (exact) mass is 211 g/mol. The molecule has 78 valence electrons. The second-order valence-corrected chi connectivity index (χ2v) is 3.63. The zero-order valence-corrected chi connectivity index (χ0v) is 8.42. The first-order valence-corrected chi connectivity index (χ1v) is 4.91. The number of amides is 1. The second-order valence-electron chi connectivity index (χ2n) is 3.63. The molecule has 0 saturated heterocycles. The van der Waals surface area contributed by atoms with Crippen LogP contribution in [0.25, 0.3) is 16.6 Å². The Kier molecular flexibility index (Phi) is 1.71. The molecule has 1 aromatic carbocycles. The SMILES string of the molecule is NC(=O)c1ccc2c(ccc3nccn32)c1. The van der Waals surface area contributed by atoms with Crippen molar-refractivity contribution in [1.82, 2.24) is 9.38 Å². The first kappa shape index (κ1) is 8.91. The van der Waals surface area contributed by atoms with E-state index < -0.39 is 5.91 Å². The lowest BCUT2D eigenvalue weighted by atomic mass is 10.1. The van der Waals surface area contributed by atoms with Crippen LogP contribution in [0.3, 0.4) is 0 Å². The van der Waals surface area contributed by atoms with E-state index in [4.69, 9.17) is 5.73 Å². The second kappa shape index (κ2) is 3.06. The fraction of sp³-hybridized carbons (Fsp3) is 0. The van der Waals surface area contributed by atoms with Gasteiger partial charge in [0.2, 0.25) is 5.91 Å². The summed E-state index contributed by atoms with van der Waals surface area (Å²) < 4.78 is 1.97. The minimum atomic E-state index is -0.410. The summed E-state index contributed by atoms with van der Waals surface area (Å²) in [5.74, 6) is -0.410. The average molecular weight is 211 g/mol. The van der Waals surface area contributed by atoms with Crippen LogP contribution >= 0.6 is 0 Å². The minimum absolute atomic E-state index is 0.410. The molecule has 2 aromatic heterocycles. The number of carbonyl (C=O) groups excluding carboxylic acids is 1. The summed E-state index contributed by atoms with van der Waals surface area (Å²) in [7, 11) is 0. The molecule has 2 heterocycles. The number of carbonyl (C=O) groups is 1. The molecule has 3 rings (SSSR count). The van der Waals surface area contributed by atoms with Crippen molar-refractivity contribution in [3.63, 3.8) is 0 Å². The third kappa shape index (κ3) is 1.16. The molecule has 0 spiro atoms. The Hall–Kier alpha value is -2.36. The molecule has 4 heteroatoms. The summed E-state index contributed by atoms with van der Waals surface area (Å²) in [6.45, 7) is 0. The lowest BCUT2D eigenvalue weighted by Gasteiger charge is -2.03. The Balaban J connectivity index is 2.41. The molecule has 4 nitrogen and oxygen atoms in total. The van der Waals surface area contributed by atoms with Gasteiger partial charge in [0.15, 0.2) is 0 Å². The molecule has 2 N–H and O–H groups in total. The highest BCUT2D eigenvalue weighted by atomic mass is 16.1. The van der Waals surface area contributed by atoms with Crippen LogP contribution in [-0.4, -0.2) is 15.3 Å². The highest BCUT2D eigenvalue weighted by molar-refractivity contribution is 5.97. The van der Waals surface area contributed by atoms with Gasteiger partial charge < -0.3 is 5.73 Å². The maximum Gasteiger partial charge on any atom is 0.248 e. The first-order valence-electron chi connectivity index (χ1n) is 4.91. The summed E-state index contributed by atoms with van der Waals surface area (Å²) in [4.78, 5) is 15.3. The van der Waals surface area contributed by atoms with E-state index in [2.05, 4.69) is 4.98 Å². The smallest absolute Gasteiger partial charge is 0.248 e. The molecule has 16 heavy (non-hydrogen) atoms. The van der Waals surface area contributed by atoms with Gasteiger partial charge in [0, 0.05) is 18.0 Å². The molecular weight excluding hydrogens is 202 g/mol. The van der Waals surface area contributed by atoms with Crippen LogP contribution in [0.15, 0.2) is 42.7 Å². The summed E-state index contributed by atoms with van der Waals surface area (Å²) in [5, 5.41) is 0.974. The molecule has 3 aromatic rings. The van der Waals surface area contributed by atoms with Crippen LogP contribution in [0.5, 0.6) is 0 Å². The predicted molar refractivity (Wildman–Crippen MR) is 61.2 cm³/mol. The molecular formula is C12H9N3O. The van der Waals surface area contributed by atoms with Gasteiger partial charge in [-0.05, 0) is 35.7 Å².